The highest BCUT2D eigenvalue weighted by Gasteiger charge is 2.20. The topological polar surface area (TPSA) is 92.4 Å². The molecular weight excluding hydrogens is 216 g/mol. The van der Waals surface area contributed by atoms with Crippen molar-refractivity contribution in [2.75, 3.05) is 6.54 Å². The van der Waals surface area contributed by atoms with Crippen LogP contribution in [-0.2, 0) is 0 Å². The molecular formula is C11H22N6. The zero-order valence-electron chi connectivity index (χ0n) is 10.4. The molecule has 0 saturated heterocycles. The Labute approximate surface area is 102 Å². The van der Waals surface area contributed by atoms with Crippen molar-refractivity contribution in [3.05, 3.63) is 12.3 Å². The molecule has 2 atom stereocenters. The molecule has 0 spiro atoms. The molecule has 0 radical (unpaired) electrons. The fourth-order valence-electron chi connectivity index (χ4n) is 2.01. The summed E-state index contributed by atoms with van der Waals surface area (Å²) < 4.78 is 0. The Hall–Kier alpha value is -1.43. The first-order chi connectivity index (χ1) is 8.29. The van der Waals surface area contributed by atoms with Gasteiger partial charge in [-0.05, 0) is 25.3 Å². The maximum atomic E-state index is 5.96. The molecule has 1 heterocycles. The highest BCUT2D eigenvalue weighted by molar-refractivity contribution is 5.71. The standard InChI is InChI=1S/C11H22N6/c1-2-5-10(6-3-8-15-16-13)17-9-4-7-14-11(17)12/h4,7,9-11H,2-3,5-6,8,12H2,1H3,(H2,13,15). The smallest absolute Gasteiger partial charge is 0.173 e. The molecule has 6 nitrogen and oxygen atoms in total. The minimum Gasteiger partial charge on any atom is -0.341 e. The van der Waals surface area contributed by atoms with Crippen molar-refractivity contribution in [1.29, 1.82) is 0 Å². The number of rotatable bonds is 7. The van der Waals surface area contributed by atoms with E-state index in [1.807, 2.05) is 12.3 Å². The maximum Gasteiger partial charge on any atom is 0.173 e. The Kier molecular flexibility index (Phi) is 6.24. The highest BCUT2D eigenvalue weighted by atomic mass is 15.3. The van der Waals surface area contributed by atoms with E-state index in [1.54, 1.807) is 6.21 Å². The van der Waals surface area contributed by atoms with Crippen LogP contribution in [0.2, 0.25) is 0 Å². The molecule has 0 aromatic rings. The fraction of sp³-hybridized carbons (Fsp3) is 0.727. The van der Waals surface area contributed by atoms with E-state index in [4.69, 9.17) is 11.6 Å². The lowest BCUT2D eigenvalue weighted by molar-refractivity contribution is 0.187. The van der Waals surface area contributed by atoms with Gasteiger partial charge >= 0.3 is 0 Å². The fourth-order valence-corrected chi connectivity index (χ4v) is 2.01. The first-order valence-corrected chi connectivity index (χ1v) is 6.09. The number of aliphatic imine (C=N–C) groups is 1. The molecule has 0 bridgehead atoms. The van der Waals surface area contributed by atoms with Crippen LogP contribution in [0.4, 0.5) is 0 Å². The van der Waals surface area contributed by atoms with Gasteiger partial charge in [-0.3, -0.25) is 10.7 Å². The molecule has 0 fully saturated rings. The van der Waals surface area contributed by atoms with Crippen molar-refractivity contribution >= 4 is 6.21 Å². The van der Waals surface area contributed by atoms with Gasteiger partial charge in [0, 0.05) is 18.5 Å². The lowest BCUT2D eigenvalue weighted by Gasteiger charge is -2.34. The van der Waals surface area contributed by atoms with Gasteiger partial charge in [-0.15, -0.1) is 0 Å². The van der Waals surface area contributed by atoms with Gasteiger partial charge in [0.15, 0.2) is 6.29 Å². The maximum absolute atomic E-state index is 5.96. The quantitative estimate of drug-likeness (QED) is 0.304. The molecule has 6 heteroatoms. The molecule has 0 amide bonds. The predicted octanol–water partition coefficient (Wildman–Crippen LogP) is 1.40. The lowest BCUT2D eigenvalue weighted by Crippen LogP contribution is -2.44. The number of hydrogen-bond acceptors (Lipinski definition) is 5. The van der Waals surface area contributed by atoms with E-state index in [9.17, 15) is 0 Å². The molecule has 1 aliphatic heterocycles. The number of allylic oxidation sites excluding steroid dienone is 1. The van der Waals surface area contributed by atoms with Crippen LogP contribution in [0.1, 0.15) is 32.6 Å². The summed E-state index contributed by atoms with van der Waals surface area (Å²) in [6, 6.07) is 0.414. The average Bonchev–Trinajstić information content (AvgIpc) is 2.34. The monoisotopic (exact) mass is 238 g/mol. The van der Waals surface area contributed by atoms with E-state index in [-0.39, 0.29) is 6.29 Å². The number of nitrogens with zero attached hydrogens (tertiary/aromatic N) is 4. The van der Waals surface area contributed by atoms with Crippen LogP contribution in [0, 0.1) is 0 Å². The van der Waals surface area contributed by atoms with Gasteiger partial charge in [0.05, 0.1) is 6.54 Å². The van der Waals surface area contributed by atoms with Crippen LogP contribution in [0.25, 0.3) is 0 Å². The lowest BCUT2D eigenvalue weighted by atomic mass is 10.0. The molecule has 0 aliphatic carbocycles. The molecule has 0 saturated carbocycles. The van der Waals surface area contributed by atoms with Crippen molar-refractivity contribution in [2.45, 2.75) is 44.9 Å². The molecule has 17 heavy (non-hydrogen) atoms. The first kappa shape index (κ1) is 13.6. The van der Waals surface area contributed by atoms with Crippen LogP contribution in [-0.4, -0.2) is 30.0 Å². The van der Waals surface area contributed by atoms with E-state index in [1.165, 1.54) is 0 Å². The van der Waals surface area contributed by atoms with E-state index in [0.29, 0.717) is 12.6 Å². The summed E-state index contributed by atoms with van der Waals surface area (Å²) >= 11 is 0. The Morgan fingerprint density at radius 3 is 2.94 bits per heavy atom. The Bertz CT molecular complexity index is 286. The number of nitrogens with two attached hydrogens (primary N) is 2. The second-order valence-electron chi connectivity index (χ2n) is 4.07. The van der Waals surface area contributed by atoms with Crippen LogP contribution in [0.15, 0.2) is 27.6 Å². The van der Waals surface area contributed by atoms with Gasteiger partial charge in [-0.2, -0.15) is 5.11 Å². The molecule has 1 rings (SSSR count). The van der Waals surface area contributed by atoms with E-state index >= 15 is 0 Å². The van der Waals surface area contributed by atoms with E-state index in [2.05, 4.69) is 27.2 Å². The van der Waals surface area contributed by atoms with Crippen molar-refractivity contribution in [3.63, 3.8) is 0 Å². The van der Waals surface area contributed by atoms with Gasteiger partial charge in [0.2, 0.25) is 0 Å². The van der Waals surface area contributed by atoms with Gasteiger partial charge in [-0.1, -0.05) is 18.6 Å². The van der Waals surface area contributed by atoms with E-state index < -0.39 is 0 Å². The Morgan fingerprint density at radius 1 is 1.47 bits per heavy atom. The summed E-state index contributed by atoms with van der Waals surface area (Å²) in [5, 5.41) is 7.03. The molecule has 0 aromatic heterocycles. The summed E-state index contributed by atoms with van der Waals surface area (Å²) in [6.07, 6.45) is 9.65. The second-order valence-corrected chi connectivity index (χ2v) is 4.07. The largest absolute Gasteiger partial charge is 0.341 e. The predicted molar refractivity (Wildman–Crippen MR) is 69.3 cm³/mol. The van der Waals surface area contributed by atoms with Crippen LogP contribution in [0.5, 0.6) is 0 Å². The summed E-state index contributed by atoms with van der Waals surface area (Å²) in [6.45, 7) is 2.85. The summed E-state index contributed by atoms with van der Waals surface area (Å²) in [4.78, 5) is 6.30. The van der Waals surface area contributed by atoms with Crippen molar-refractivity contribution in [1.82, 2.24) is 4.90 Å². The zero-order chi connectivity index (χ0) is 12.5. The van der Waals surface area contributed by atoms with Crippen molar-refractivity contribution in [2.24, 2.45) is 26.9 Å². The third-order valence-electron chi connectivity index (χ3n) is 2.81. The Balaban J connectivity index is 2.46. The van der Waals surface area contributed by atoms with Gasteiger partial charge in [0.25, 0.3) is 0 Å². The minimum absolute atomic E-state index is 0.257. The number of hydrogen-bond donors (Lipinski definition) is 2. The summed E-state index contributed by atoms with van der Waals surface area (Å²) in [5.41, 5.74) is 5.96. The second kappa shape index (κ2) is 7.78. The van der Waals surface area contributed by atoms with E-state index in [0.717, 1.165) is 25.7 Å². The van der Waals surface area contributed by atoms with Crippen LogP contribution >= 0.6 is 0 Å². The van der Waals surface area contributed by atoms with Gasteiger partial charge < -0.3 is 10.7 Å². The molecule has 96 valence electrons. The normalized spacial score (nSPS) is 21.3. The molecule has 2 unspecified atom stereocenters. The molecule has 1 aliphatic rings. The zero-order valence-corrected chi connectivity index (χ0v) is 10.4. The SMILES string of the molecule is CCCC(CCCN=NN)N1C=CC=NC1N. The summed E-state index contributed by atoms with van der Waals surface area (Å²) in [7, 11) is 0. The average molecular weight is 238 g/mol. The Morgan fingerprint density at radius 2 is 2.29 bits per heavy atom. The molecule has 4 N–H and O–H groups in total. The van der Waals surface area contributed by atoms with Crippen LogP contribution < -0.4 is 11.6 Å². The van der Waals surface area contributed by atoms with Crippen molar-refractivity contribution in [3.8, 4) is 0 Å². The summed E-state index contributed by atoms with van der Waals surface area (Å²) in [5.74, 6) is 4.97. The minimum atomic E-state index is -0.257. The van der Waals surface area contributed by atoms with Gasteiger partial charge in [-0.25, -0.2) is 0 Å². The molecule has 0 aromatic carbocycles. The third-order valence-corrected chi connectivity index (χ3v) is 2.81. The highest BCUT2D eigenvalue weighted by Crippen LogP contribution is 2.17. The van der Waals surface area contributed by atoms with Gasteiger partial charge in [0.1, 0.15) is 0 Å². The van der Waals surface area contributed by atoms with Crippen molar-refractivity contribution < 1.29 is 0 Å². The first-order valence-electron chi connectivity index (χ1n) is 6.09. The van der Waals surface area contributed by atoms with Crippen LogP contribution in [0.3, 0.4) is 0 Å². The third kappa shape index (κ3) is 4.52.